The van der Waals surface area contributed by atoms with Gasteiger partial charge in [0.05, 0.1) is 29.3 Å². The lowest BCUT2D eigenvalue weighted by atomic mass is 9.90. The van der Waals surface area contributed by atoms with Crippen molar-refractivity contribution in [3.8, 4) is 0 Å². The average Bonchev–Trinajstić information content (AvgIpc) is 3.23. The van der Waals surface area contributed by atoms with E-state index in [2.05, 4.69) is 16.3 Å². The molecule has 3 aromatic rings. The van der Waals surface area contributed by atoms with Crippen molar-refractivity contribution < 1.29 is 19.1 Å². The minimum Gasteiger partial charge on any atom is -0.444 e. The predicted molar refractivity (Wildman–Crippen MR) is 155 cm³/mol. The molecule has 0 aliphatic heterocycles. The van der Waals surface area contributed by atoms with Crippen LogP contribution in [0.15, 0.2) is 54.7 Å². The van der Waals surface area contributed by atoms with Crippen LogP contribution in [0.25, 0.3) is 11.0 Å². The number of imidazole rings is 1. The van der Waals surface area contributed by atoms with E-state index in [9.17, 15) is 9.59 Å². The van der Waals surface area contributed by atoms with Gasteiger partial charge < -0.3 is 14.8 Å². The second-order valence-corrected chi connectivity index (χ2v) is 12.1. The molecule has 2 aromatic heterocycles. The molecule has 1 aliphatic carbocycles. The number of benzene rings is 1. The maximum atomic E-state index is 13.4. The van der Waals surface area contributed by atoms with Crippen molar-refractivity contribution in [2.75, 3.05) is 13.1 Å². The number of alkyl carbamates (subject to hydrolysis) is 1. The highest BCUT2D eigenvalue weighted by Crippen LogP contribution is 2.34. The molecular weight excluding hydrogens is 506 g/mol. The third kappa shape index (κ3) is 7.69. The van der Waals surface area contributed by atoms with Crippen LogP contribution in [-0.4, -0.2) is 55.9 Å². The Morgan fingerprint density at radius 3 is 2.55 bits per heavy atom. The summed E-state index contributed by atoms with van der Waals surface area (Å²) in [6.07, 6.45) is 7.87. The molecule has 1 aliphatic rings. The molecule has 214 valence electrons. The standard InChI is InChI=1S/C31H41N5O4/c1-30(2,3)39-28(37)33-18-9-10-20-35(25-17-11-13-22-14-12-19-32-27(22)25)21-26-34-23-15-7-8-16-24(23)36(26)29(38)40-31(4,5)6/h7-10,12,14-16,19,25H,11,13,17-18,20-21H2,1-6H3,(H,33,37)/b10-9-. The zero-order valence-corrected chi connectivity index (χ0v) is 24.4. The molecule has 40 heavy (non-hydrogen) atoms. The van der Waals surface area contributed by atoms with Gasteiger partial charge in [-0.1, -0.05) is 30.4 Å². The van der Waals surface area contributed by atoms with Gasteiger partial charge in [0.25, 0.3) is 0 Å². The van der Waals surface area contributed by atoms with Gasteiger partial charge in [-0.05, 0) is 84.6 Å². The summed E-state index contributed by atoms with van der Waals surface area (Å²) in [7, 11) is 0. The number of carbonyl (C=O) groups excluding carboxylic acids is 2. The summed E-state index contributed by atoms with van der Waals surface area (Å²) in [5.41, 5.74) is 2.57. The van der Waals surface area contributed by atoms with E-state index in [1.165, 1.54) is 5.56 Å². The second kappa shape index (κ2) is 12.2. The summed E-state index contributed by atoms with van der Waals surface area (Å²) in [5.74, 6) is 0.610. The molecule has 1 N–H and O–H groups in total. The van der Waals surface area contributed by atoms with Crippen molar-refractivity contribution in [1.29, 1.82) is 0 Å². The van der Waals surface area contributed by atoms with Crippen molar-refractivity contribution in [3.63, 3.8) is 0 Å². The monoisotopic (exact) mass is 547 g/mol. The quantitative estimate of drug-likeness (QED) is 0.353. The first-order chi connectivity index (χ1) is 18.9. The number of carbonyl (C=O) groups is 2. The van der Waals surface area contributed by atoms with Gasteiger partial charge in [-0.25, -0.2) is 19.1 Å². The molecule has 1 aromatic carbocycles. The molecule has 0 spiro atoms. The van der Waals surface area contributed by atoms with Gasteiger partial charge in [0.1, 0.15) is 17.0 Å². The fraction of sp³-hybridized carbons (Fsp3) is 0.484. The van der Waals surface area contributed by atoms with E-state index in [0.29, 0.717) is 31.0 Å². The molecule has 0 saturated heterocycles. The molecule has 2 heterocycles. The Labute approximate surface area is 236 Å². The van der Waals surface area contributed by atoms with E-state index in [1.54, 1.807) is 4.57 Å². The third-order valence-corrected chi connectivity index (χ3v) is 6.43. The fourth-order valence-corrected chi connectivity index (χ4v) is 4.87. The van der Waals surface area contributed by atoms with Crippen LogP contribution in [0.1, 0.15) is 77.5 Å². The van der Waals surface area contributed by atoms with E-state index in [4.69, 9.17) is 19.4 Å². The van der Waals surface area contributed by atoms with Crippen LogP contribution >= 0.6 is 0 Å². The maximum Gasteiger partial charge on any atom is 0.420 e. The van der Waals surface area contributed by atoms with Gasteiger partial charge in [-0.15, -0.1) is 0 Å². The molecule has 1 atom stereocenters. The summed E-state index contributed by atoms with van der Waals surface area (Å²) in [4.78, 5) is 37.3. The predicted octanol–water partition coefficient (Wildman–Crippen LogP) is 6.18. The van der Waals surface area contributed by atoms with Gasteiger partial charge in [0, 0.05) is 19.3 Å². The molecule has 9 heteroatoms. The second-order valence-electron chi connectivity index (χ2n) is 12.1. The number of fused-ring (bicyclic) bond motifs is 2. The summed E-state index contributed by atoms with van der Waals surface area (Å²) in [5, 5.41) is 2.76. The molecular formula is C31H41N5O4. The fourth-order valence-electron chi connectivity index (χ4n) is 4.87. The Morgan fingerprint density at radius 1 is 1.05 bits per heavy atom. The lowest BCUT2D eigenvalue weighted by Crippen LogP contribution is -2.35. The van der Waals surface area contributed by atoms with Gasteiger partial charge in [0.15, 0.2) is 0 Å². The van der Waals surface area contributed by atoms with Crippen LogP contribution in [0.2, 0.25) is 0 Å². The third-order valence-electron chi connectivity index (χ3n) is 6.43. The lowest BCUT2D eigenvalue weighted by Gasteiger charge is -2.34. The number of aromatic nitrogens is 3. The van der Waals surface area contributed by atoms with Crippen molar-refractivity contribution in [3.05, 3.63) is 71.8 Å². The van der Waals surface area contributed by atoms with Crippen molar-refractivity contribution in [1.82, 2.24) is 24.8 Å². The first-order valence-electron chi connectivity index (χ1n) is 13.9. The van der Waals surface area contributed by atoms with Crippen LogP contribution in [0.5, 0.6) is 0 Å². The number of rotatable bonds is 7. The van der Waals surface area contributed by atoms with Crippen LogP contribution in [0.4, 0.5) is 9.59 Å². The van der Waals surface area contributed by atoms with Crippen molar-refractivity contribution in [2.45, 2.75) is 84.6 Å². The SMILES string of the molecule is CC(C)(C)OC(=O)NC/C=C\CN(Cc1nc2ccccc2n1C(=O)OC(C)(C)C)C1CCCc2cccnc21. The number of nitrogens with one attached hydrogen (secondary N) is 1. The number of nitrogens with zero attached hydrogens (tertiary/aromatic N) is 4. The average molecular weight is 548 g/mol. The number of ether oxygens (including phenoxy) is 2. The Bertz CT molecular complexity index is 1370. The number of amides is 1. The molecule has 0 bridgehead atoms. The van der Waals surface area contributed by atoms with E-state index in [-0.39, 0.29) is 6.04 Å². The molecule has 4 rings (SSSR count). The summed E-state index contributed by atoms with van der Waals surface area (Å²) in [6, 6.07) is 11.8. The number of hydrogen-bond donors (Lipinski definition) is 1. The molecule has 0 radical (unpaired) electrons. The van der Waals surface area contributed by atoms with Crippen LogP contribution < -0.4 is 5.32 Å². The van der Waals surface area contributed by atoms with E-state index in [1.807, 2.05) is 90.2 Å². The molecule has 1 amide bonds. The number of aryl methyl sites for hydroxylation is 1. The molecule has 0 saturated carbocycles. The highest BCUT2D eigenvalue weighted by atomic mass is 16.6. The zero-order valence-electron chi connectivity index (χ0n) is 24.4. The summed E-state index contributed by atoms with van der Waals surface area (Å²) < 4.78 is 12.7. The van der Waals surface area contributed by atoms with Crippen molar-refractivity contribution >= 4 is 23.2 Å². The zero-order chi connectivity index (χ0) is 28.9. The van der Waals surface area contributed by atoms with Gasteiger partial charge in [-0.2, -0.15) is 0 Å². The van der Waals surface area contributed by atoms with E-state index >= 15 is 0 Å². The maximum absolute atomic E-state index is 13.4. The normalized spacial score (nSPS) is 15.8. The minimum atomic E-state index is -0.643. The highest BCUT2D eigenvalue weighted by molar-refractivity contribution is 5.87. The van der Waals surface area contributed by atoms with Crippen molar-refractivity contribution in [2.24, 2.45) is 0 Å². The minimum absolute atomic E-state index is 0.0558. The highest BCUT2D eigenvalue weighted by Gasteiger charge is 2.30. The Hall–Kier alpha value is -3.72. The Morgan fingerprint density at radius 2 is 1.80 bits per heavy atom. The van der Waals surface area contributed by atoms with Crippen LogP contribution in [0.3, 0.4) is 0 Å². The first-order valence-corrected chi connectivity index (χ1v) is 13.9. The number of para-hydroxylation sites is 2. The van der Waals surface area contributed by atoms with Gasteiger partial charge in [0.2, 0.25) is 0 Å². The smallest absolute Gasteiger partial charge is 0.420 e. The largest absolute Gasteiger partial charge is 0.444 e. The lowest BCUT2D eigenvalue weighted by molar-refractivity contribution is 0.0522. The first kappa shape index (κ1) is 29.3. The molecule has 0 fully saturated rings. The Balaban J connectivity index is 1.61. The van der Waals surface area contributed by atoms with E-state index in [0.717, 1.165) is 30.5 Å². The number of hydrogen-bond acceptors (Lipinski definition) is 7. The summed E-state index contributed by atoms with van der Waals surface area (Å²) in [6.45, 7) is 12.4. The molecule has 1 unspecified atom stereocenters. The summed E-state index contributed by atoms with van der Waals surface area (Å²) >= 11 is 0. The van der Waals surface area contributed by atoms with Crippen LogP contribution in [-0.2, 0) is 22.4 Å². The van der Waals surface area contributed by atoms with Crippen LogP contribution in [0, 0.1) is 0 Å². The molecule has 9 nitrogen and oxygen atoms in total. The number of pyridine rings is 1. The van der Waals surface area contributed by atoms with E-state index < -0.39 is 23.4 Å². The van der Waals surface area contributed by atoms with Gasteiger partial charge in [-0.3, -0.25) is 9.88 Å². The van der Waals surface area contributed by atoms with Gasteiger partial charge >= 0.3 is 12.2 Å². The topological polar surface area (TPSA) is 98.6 Å². The Kier molecular flexibility index (Phi) is 8.93.